The molecular formula is C16H17NO4. The average molecular weight is 287 g/mol. The molecule has 0 spiro atoms. The Morgan fingerprint density at radius 1 is 1.24 bits per heavy atom. The summed E-state index contributed by atoms with van der Waals surface area (Å²) < 4.78 is 9.98. The summed E-state index contributed by atoms with van der Waals surface area (Å²) in [5.74, 6) is -0.189. The number of methoxy groups -OCH3 is 1. The van der Waals surface area contributed by atoms with Gasteiger partial charge in [0.05, 0.1) is 30.2 Å². The van der Waals surface area contributed by atoms with Crippen molar-refractivity contribution >= 4 is 17.6 Å². The van der Waals surface area contributed by atoms with Gasteiger partial charge in [-0.25, -0.2) is 4.79 Å². The number of ether oxygens (including phenoxy) is 1. The summed E-state index contributed by atoms with van der Waals surface area (Å²) in [5.41, 5.74) is 2.12. The van der Waals surface area contributed by atoms with Crippen LogP contribution in [-0.2, 0) is 11.2 Å². The zero-order valence-electron chi connectivity index (χ0n) is 12.2. The molecule has 0 aliphatic carbocycles. The molecule has 5 heteroatoms. The van der Waals surface area contributed by atoms with Crippen molar-refractivity contribution in [2.75, 3.05) is 12.4 Å². The third-order valence-corrected chi connectivity index (χ3v) is 3.14. The standard InChI is InChI=1S/C16H17NO4/c1-4-14-11(7-8-21-14)15(18)17-13-6-5-10(2)9-12(13)16(19)20-3/h5-9H,4H2,1-3H3,(H,17,18). The molecule has 5 nitrogen and oxygen atoms in total. The Hall–Kier alpha value is -2.56. The second kappa shape index (κ2) is 6.26. The number of rotatable bonds is 4. The number of hydrogen-bond donors (Lipinski definition) is 1. The number of nitrogens with one attached hydrogen (secondary N) is 1. The molecule has 1 amide bonds. The monoisotopic (exact) mass is 287 g/mol. The average Bonchev–Trinajstić information content (AvgIpc) is 2.96. The Kier molecular flexibility index (Phi) is 4.42. The number of aryl methyl sites for hydroxylation is 2. The van der Waals surface area contributed by atoms with Crippen LogP contribution in [0, 0.1) is 6.92 Å². The van der Waals surface area contributed by atoms with Crippen LogP contribution in [0.3, 0.4) is 0 Å². The fraction of sp³-hybridized carbons (Fsp3) is 0.250. The number of anilines is 1. The van der Waals surface area contributed by atoms with Crippen molar-refractivity contribution < 1.29 is 18.7 Å². The molecule has 110 valence electrons. The van der Waals surface area contributed by atoms with Gasteiger partial charge in [-0.1, -0.05) is 18.6 Å². The molecule has 0 aliphatic rings. The van der Waals surface area contributed by atoms with Crippen LogP contribution in [0.2, 0.25) is 0 Å². The Morgan fingerprint density at radius 2 is 2.00 bits per heavy atom. The van der Waals surface area contributed by atoms with E-state index in [0.717, 1.165) is 5.56 Å². The Labute approximate surface area is 122 Å². The molecule has 1 aromatic carbocycles. The zero-order valence-corrected chi connectivity index (χ0v) is 12.2. The number of benzene rings is 1. The van der Waals surface area contributed by atoms with Gasteiger partial charge in [0.2, 0.25) is 0 Å². The Bertz CT molecular complexity index is 673. The van der Waals surface area contributed by atoms with E-state index in [1.165, 1.54) is 13.4 Å². The topological polar surface area (TPSA) is 68.5 Å². The molecule has 0 saturated heterocycles. The van der Waals surface area contributed by atoms with Crippen molar-refractivity contribution in [1.29, 1.82) is 0 Å². The van der Waals surface area contributed by atoms with E-state index in [2.05, 4.69) is 5.32 Å². The Balaban J connectivity index is 2.31. The maximum absolute atomic E-state index is 12.3. The lowest BCUT2D eigenvalue weighted by molar-refractivity contribution is 0.0602. The van der Waals surface area contributed by atoms with Gasteiger partial charge in [0.25, 0.3) is 5.91 Å². The van der Waals surface area contributed by atoms with Crippen LogP contribution >= 0.6 is 0 Å². The van der Waals surface area contributed by atoms with Gasteiger partial charge >= 0.3 is 5.97 Å². The molecule has 2 aromatic rings. The van der Waals surface area contributed by atoms with Crippen LogP contribution in [0.25, 0.3) is 0 Å². The highest BCUT2D eigenvalue weighted by molar-refractivity contribution is 6.08. The lowest BCUT2D eigenvalue weighted by atomic mass is 10.1. The van der Waals surface area contributed by atoms with E-state index in [1.807, 2.05) is 19.9 Å². The fourth-order valence-corrected chi connectivity index (χ4v) is 2.05. The van der Waals surface area contributed by atoms with Gasteiger partial charge in [-0.2, -0.15) is 0 Å². The van der Waals surface area contributed by atoms with Crippen molar-refractivity contribution in [2.45, 2.75) is 20.3 Å². The van der Waals surface area contributed by atoms with Crippen molar-refractivity contribution in [3.05, 3.63) is 53.0 Å². The van der Waals surface area contributed by atoms with E-state index < -0.39 is 5.97 Å². The first kappa shape index (κ1) is 14.8. The summed E-state index contributed by atoms with van der Waals surface area (Å²) in [5, 5.41) is 2.73. The molecule has 21 heavy (non-hydrogen) atoms. The second-order valence-corrected chi connectivity index (χ2v) is 4.61. The minimum absolute atomic E-state index is 0.311. The van der Waals surface area contributed by atoms with E-state index in [0.29, 0.717) is 29.0 Å². The van der Waals surface area contributed by atoms with Crippen molar-refractivity contribution in [3.8, 4) is 0 Å². The van der Waals surface area contributed by atoms with E-state index in [-0.39, 0.29) is 5.91 Å². The minimum atomic E-state index is -0.489. The first-order valence-electron chi connectivity index (χ1n) is 6.63. The highest BCUT2D eigenvalue weighted by Crippen LogP contribution is 2.20. The summed E-state index contributed by atoms with van der Waals surface area (Å²) >= 11 is 0. The van der Waals surface area contributed by atoms with E-state index in [4.69, 9.17) is 9.15 Å². The SMILES string of the molecule is CCc1occc1C(=O)Nc1ccc(C)cc1C(=O)OC. The van der Waals surface area contributed by atoms with Crippen molar-refractivity contribution in [3.63, 3.8) is 0 Å². The fourth-order valence-electron chi connectivity index (χ4n) is 2.05. The van der Waals surface area contributed by atoms with Gasteiger partial charge < -0.3 is 14.5 Å². The quantitative estimate of drug-likeness (QED) is 0.877. The van der Waals surface area contributed by atoms with Crippen LogP contribution < -0.4 is 5.32 Å². The lowest BCUT2D eigenvalue weighted by Crippen LogP contribution is -2.16. The molecule has 1 aromatic heterocycles. The summed E-state index contributed by atoms with van der Waals surface area (Å²) in [6.07, 6.45) is 2.09. The van der Waals surface area contributed by atoms with E-state index in [1.54, 1.807) is 18.2 Å². The van der Waals surface area contributed by atoms with Gasteiger partial charge in [-0.15, -0.1) is 0 Å². The lowest BCUT2D eigenvalue weighted by Gasteiger charge is -2.10. The van der Waals surface area contributed by atoms with Crippen LogP contribution in [-0.4, -0.2) is 19.0 Å². The number of carbonyl (C=O) groups excluding carboxylic acids is 2. The highest BCUT2D eigenvalue weighted by atomic mass is 16.5. The summed E-state index contributed by atoms with van der Waals surface area (Å²) in [4.78, 5) is 24.1. The maximum atomic E-state index is 12.3. The largest absolute Gasteiger partial charge is 0.469 e. The summed E-state index contributed by atoms with van der Waals surface area (Å²) in [6, 6.07) is 6.79. The third kappa shape index (κ3) is 3.13. The summed E-state index contributed by atoms with van der Waals surface area (Å²) in [6.45, 7) is 3.77. The van der Waals surface area contributed by atoms with Gasteiger partial charge in [0.1, 0.15) is 5.76 Å². The van der Waals surface area contributed by atoms with E-state index >= 15 is 0 Å². The molecule has 0 unspecified atom stereocenters. The van der Waals surface area contributed by atoms with Crippen LogP contribution in [0.4, 0.5) is 5.69 Å². The van der Waals surface area contributed by atoms with Crippen LogP contribution in [0.1, 0.15) is 39.0 Å². The molecular weight excluding hydrogens is 270 g/mol. The molecule has 2 rings (SSSR count). The number of esters is 1. The molecule has 0 fully saturated rings. The minimum Gasteiger partial charge on any atom is -0.469 e. The zero-order chi connectivity index (χ0) is 15.4. The second-order valence-electron chi connectivity index (χ2n) is 4.61. The number of hydrogen-bond acceptors (Lipinski definition) is 4. The van der Waals surface area contributed by atoms with Crippen molar-refractivity contribution in [1.82, 2.24) is 0 Å². The number of furan rings is 1. The predicted molar refractivity (Wildman–Crippen MR) is 78.6 cm³/mol. The predicted octanol–water partition coefficient (Wildman–Crippen LogP) is 3.19. The normalized spacial score (nSPS) is 10.2. The number of amides is 1. The Morgan fingerprint density at radius 3 is 2.67 bits per heavy atom. The van der Waals surface area contributed by atoms with Crippen molar-refractivity contribution in [2.24, 2.45) is 0 Å². The van der Waals surface area contributed by atoms with Gasteiger partial charge in [-0.05, 0) is 25.1 Å². The molecule has 1 N–H and O–H groups in total. The van der Waals surface area contributed by atoms with Gasteiger partial charge in [0.15, 0.2) is 0 Å². The van der Waals surface area contributed by atoms with Crippen LogP contribution in [0.5, 0.6) is 0 Å². The third-order valence-electron chi connectivity index (χ3n) is 3.14. The molecule has 1 heterocycles. The summed E-state index contributed by atoms with van der Waals surface area (Å²) in [7, 11) is 1.31. The van der Waals surface area contributed by atoms with Crippen LogP contribution in [0.15, 0.2) is 34.9 Å². The molecule has 0 saturated carbocycles. The molecule has 0 bridgehead atoms. The highest BCUT2D eigenvalue weighted by Gasteiger charge is 2.17. The molecule has 0 radical (unpaired) electrons. The maximum Gasteiger partial charge on any atom is 0.339 e. The first-order chi connectivity index (χ1) is 10.1. The molecule has 0 atom stereocenters. The molecule has 0 aliphatic heterocycles. The smallest absolute Gasteiger partial charge is 0.339 e. The van der Waals surface area contributed by atoms with E-state index in [9.17, 15) is 9.59 Å². The van der Waals surface area contributed by atoms with Gasteiger partial charge in [-0.3, -0.25) is 4.79 Å². The first-order valence-corrected chi connectivity index (χ1v) is 6.63. The van der Waals surface area contributed by atoms with Gasteiger partial charge in [0, 0.05) is 6.42 Å². The number of carbonyl (C=O) groups is 2.